The lowest BCUT2D eigenvalue weighted by molar-refractivity contribution is 0.0976. The van der Waals surface area contributed by atoms with Crippen molar-refractivity contribution < 1.29 is 60.6 Å². The van der Waals surface area contributed by atoms with Crippen LogP contribution in [0.1, 0.15) is 82.6 Å². The molecule has 0 spiro atoms. The Labute approximate surface area is 321 Å². The summed E-state index contributed by atoms with van der Waals surface area (Å²) in [7, 11) is -2.67. The standard InChI is InChI=1S/2C21H28O4/c2*1-16-7-6-10-19(13-16)25-15-18(22)9-5-4-8-17-11-12-20(23-2)21(14-17)24-3/h2*6-7,10-14,18,22H,4-5,8-9,15H2,1-3H3/i2D3,3D3,9D2,15D2,18D;9D2,15D2,18D. The van der Waals surface area contributed by atoms with E-state index in [4.69, 9.17) is 50.4 Å². The third kappa shape index (κ3) is 14.6. The molecule has 4 aromatic carbocycles. The van der Waals surface area contributed by atoms with Crippen LogP contribution in [-0.2, 0) is 12.8 Å². The van der Waals surface area contributed by atoms with Crippen LogP contribution < -0.4 is 28.4 Å². The van der Waals surface area contributed by atoms with E-state index >= 15 is 0 Å². The Morgan fingerprint density at radius 1 is 0.580 bits per heavy atom. The molecule has 0 heterocycles. The van der Waals surface area contributed by atoms with Crippen LogP contribution in [0.15, 0.2) is 84.9 Å². The van der Waals surface area contributed by atoms with E-state index in [1.165, 1.54) is 50.6 Å². The summed E-state index contributed by atoms with van der Waals surface area (Å²) in [5, 5.41) is 21.1. The summed E-state index contributed by atoms with van der Waals surface area (Å²) in [6.07, 6.45) is -11.5. The van der Waals surface area contributed by atoms with Crippen LogP contribution in [0.4, 0.5) is 0 Å². The van der Waals surface area contributed by atoms with Gasteiger partial charge in [-0.1, -0.05) is 49.2 Å². The summed E-state index contributed by atoms with van der Waals surface area (Å²) in [5.74, 6) is 0.629. The lowest BCUT2D eigenvalue weighted by atomic mass is 10.0. The van der Waals surface area contributed by atoms with Crippen molar-refractivity contribution in [2.75, 3.05) is 41.4 Å². The quantitative estimate of drug-likeness (QED) is 0.0949. The van der Waals surface area contributed by atoms with Crippen molar-refractivity contribution in [1.29, 1.82) is 0 Å². The SMILES string of the molecule is [2H]C([2H])(CCCc1ccc(OC)c(OC)c1)C([2H])(O)C([2H])([2H])Oc1cccc(C)c1.[2H]C([2H])([2H])Oc1ccc(CCCC([2H])([2H])C([2H])(O)C([2H])([2H])Oc2cccc(C)c2)cc1OC([2H])([2H])[2H]. The maximum Gasteiger partial charge on any atom is 0.160 e. The fourth-order valence-electron chi connectivity index (χ4n) is 4.55. The van der Waals surface area contributed by atoms with Crippen molar-refractivity contribution in [1.82, 2.24) is 0 Å². The summed E-state index contributed by atoms with van der Waals surface area (Å²) in [6.45, 7) is -2.53. The highest BCUT2D eigenvalue weighted by atomic mass is 16.5. The molecule has 272 valence electrons. The molecule has 50 heavy (non-hydrogen) atoms. The maximum atomic E-state index is 10.6. The first kappa shape index (κ1) is 22.4. The molecule has 0 aliphatic heterocycles. The number of ether oxygens (including phenoxy) is 6. The first-order valence-corrected chi connectivity index (χ1v) is 15.8. The second-order valence-electron chi connectivity index (χ2n) is 11.0. The van der Waals surface area contributed by atoms with Gasteiger partial charge in [0.2, 0.25) is 0 Å². The highest BCUT2D eigenvalue weighted by Crippen LogP contribution is 2.29. The van der Waals surface area contributed by atoms with E-state index in [0.717, 1.165) is 16.7 Å². The molecule has 0 aliphatic carbocycles. The van der Waals surface area contributed by atoms with Crippen molar-refractivity contribution in [2.24, 2.45) is 0 Å². The first-order valence-electron chi connectivity index (χ1n) is 23.8. The third-order valence-electron chi connectivity index (χ3n) is 7.06. The van der Waals surface area contributed by atoms with Gasteiger partial charge in [0, 0.05) is 5.48 Å². The number of benzene rings is 4. The van der Waals surface area contributed by atoms with E-state index in [1.807, 2.05) is 6.07 Å². The summed E-state index contributed by atoms with van der Waals surface area (Å²) in [4.78, 5) is 0. The fraction of sp³-hybridized carbons (Fsp3) is 0.429. The van der Waals surface area contributed by atoms with Crippen LogP contribution in [0.25, 0.3) is 0 Å². The zero-order valence-corrected chi connectivity index (χ0v) is 28.7. The number of aryl methyl sites for hydroxylation is 4. The van der Waals surface area contributed by atoms with Gasteiger partial charge in [-0.2, -0.15) is 0 Å². The van der Waals surface area contributed by atoms with E-state index < -0.39 is 58.5 Å². The number of aliphatic hydroxyl groups is 2. The maximum absolute atomic E-state index is 10.6. The van der Waals surface area contributed by atoms with Crippen LogP contribution in [0, 0.1) is 13.8 Å². The topological polar surface area (TPSA) is 95.8 Å². The van der Waals surface area contributed by atoms with Crippen LogP contribution >= 0.6 is 0 Å². The average molecular weight is 705 g/mol. The van der Waals surface area contributed by atoms with Gasteiger partial charge in [0.05, 0.1) is 56.9 Å². The molecule has 8 nitrogen and oxygen atoms in total. The normalized spacial score (nSPS) is 19.5. The van der Waals surface area contributed by atoms with Crippen LogP contribution in [-0.4, -0.2) is 63.8 Å². The number of methoxy groups -OCH3 is 4. The van der Waals surface area contributed by atoms with Crippen molar-refractivity contribution in [3.05, 3.63) is 107 Å². The molecule has 2 atom stereocenters. The lowest BCUT2D eigenvalue weighted by Gasteiger charge is -2.13. The van der Waals surface area contributed by atoms with E-state index in [1.54, 1.807) is 56.3 Å². The van der Waals surface area contributed by atoms with Crippen LogP contribution in [0.5, 0.6) is 34.5 Å². The van der Waals surface area contributed by atoms with Crippen molar-refractivity contribution in [3.63, 3.8) is 0 Å². The third-order valence-corrected chi connectivity index (χ3v) is 7.06. The molecule has 8 heteroatoms. The van der Waals surface area contributed by atoms with Gasteiger partial charge < -0.3 is 38.6 Å². The molecule has 4 rings (SSSR count). The molecule has 0 saturated carbocycles. The minimum absolute atomic E-state index is 0.0153. The second kappa shape index (κ2) is 22.3. The smallest absolute Gasteiger partial charge is 0.160 e. The number of hydrogen-bond donors (Lipinski definition) is 2. The van der Waals surface area contributed by atoms with Crippen molar-refractivity contribution >= 4 is 0 Å². The van der Waals surface area contributed by atoms with Crippen LogP contribution in [0.2, 0.25) is 0 Å². The Hall–Kier alpha value is -4.40. The molecule has 4 aromatic rings. The molecule has 0 bridgehead atoms. The lowest BCUT2D eigenvalue weighted by Crippen LogP contribution is -2.17. The molecule has 2 N–H and O–H groups in total. The van der Waals surface area contributed by atoms with Crippen molar-refractivity contribution in [3.8, 4) is 34.5 Å². The Bertz CT molecular complexity index is 2190. The Morgan fingerprint density at radius 3 is 1.46 bits per heavy atom. The van der Waals surface area contributed by atoms with E-state index in [2.05, 4.69) is 0 Å². The van der Waals surface area contributed by atoms with Gasteiger partial charge in [-0.3, -0.25) is 0 Å². The van der Waals surface area contributed by atoms with E-state index in [9.17, 15) is 10.2 Å². The van der Waals surface area contributed by atoms with Crippen LogP contribution in [0.3, 0.4) is 0 Å². The van der Waals surface area contributed by atoms with Gasteiger partial charge in [0.1, 0.15) is 24.6 Å². The van der Waals surface area contributed by atoms with Gasteiger partial charge in [-0.05, 0) is 123 Å². The molecular formula is C42H56O8. The number of rotatable bonds is 20. The molecule has 2 unspecified atom stereocenters. The van der Waals surface area contributed by atoms with Gasteiger partial charge in [-0.25, -0.2) is 0 Å². The predicted molar refractivity (Wildman–Crippen MR) is 200 cm³/mol. The summed E-state index contributed by atoms with van der Waals surface area (Å²) in [5.41, 5.74) is 2.87. The highest BCUT2D eigenvalue weighted by molar-refractivity contribution is 5.43. The summed E-state index contributed by atoms with van der Waals surface area (Å²) in [6, 6.07) is 22.0. The zero-order valence-electron chi connectivity index (χ0n) is 44.7. The highest BCUT2D eigenvalue weighted by Gasteiger charge is 2.09. The Morgan fingerprint density at radius 2 is 1.02 bits per heavy atom. The minimum atomic E-state index is -3.28. The predicted octanol–water partition coefficient (Wildman–Crippen LogP) is 8.33. The Kier molecular flexibility index (Phi) is 10.0. The second-order valence-corrected chi connectivity index (χ2v) is 11.0. The van der Waals surface area contributed by atoms with E-state index in [0.29, 0.717) is 23.5 Å². The molecule has 0 radical (unpaired) electrons. The molecule has 0 amide bonds. The van der Waals surface area contributed by atoms with Crippen molar-refractivity contribution in [2.45, 2.75) is 77.3 Å². The van der Waals surface area contributed by atoms with Gasteiger partial charge >= 0.3 is 0 Å². The van der Waals surface area contributed by atoms with Gasteiger partial charge in [0.15, 0.2) is 23.0 Å². The molecule has 0 aliphatic rings. The Balaban J connectivity index is 0.000000356. The first-order chi connectivity index (χ1) is 30.2. The zero-order chi connectivity index (χ0) is 50.2. The molecule has 0 saturated heterocycles. The summed E-state index contributed by atoms with van der Waals surface area (Å²) < 4.78 is 155. The monoisotopic (exact) mass is 704 g/mol. The molecule has 0 fully saturated rings. The number of hydrogen-bond acceptors (Lipinski definition) is 8. The fourth-order valence-corrected chi connectivity index (χ4v) is 4.55. The average Bonchev–Trinajstić information content (AvgIpc) is 3.17. The molecule has 0 aromatic heterocycles. The van der Waals surface area contributed by atoms with E-state index in [-0.39, 0.29) is 48.7 Å². The van der Waals surface area contributed by atoms with Gasteiger partial charge in [-0.15, -0.1) is 0 Å². The largest absolute Gasteiger partial charge is 0.493 e. The molecular weight excluding hydrogens is 632 g/mol. The summed E-state index contributed by atoms with van der Waals surface area (Å²) >= 11 is 0. The van der Waals surface area contributed by atoms with Gasteiger partial charge in [0.25, 0.3) is 0 Å². The minimum Gasteiger partial charge on any atom is -0.493 e.